The van der Waals surface area contributed by atoms with Gasteiger partial charge in [0.1, 0.15) is 18.2 Å². The predicted octanol–water partition coefficient (Wildman–Crippen LogP) is 4.76. The molecule has 0 spiro atoms. The molecule has 2 aromatic carbocycles. The third-order valence-electron chi connectivity index (χ3n) is 5.27. The van der Waals surface area contributed by atoms with E-state index in [1.165, 1.54) is 11.8 Å². The molecule has 164 valence electrons. The number of anilines is 1. The van der Waals surface area contributed by atoms with Gasteiger partial charge in [0.2, 0.25) is 5.91 Å². The van der Waals surface area contributed by atoms with E-state index in [9.17, 15) is 9.59 Å². The summed E-state index contributed by atoms with van der Waals surface area (Å²) in [7, 11) is 1.79. The van der Waals surface area contributed by atoms with Gasteiger partial charge < -0.3 is 14.6 Å². The van der Waals surface area contributed by atoms with Crippen molar-refractivity contribution >= 4 is 35.1 Å². The summed E-state index contributed by atoms with van der Waals surface area (Å²) in [6.07, 6.45) is 1.80. The Morgan fingerprint density at radius 3 is 2.78 bits per heavy atom. The molecule has 32 heavy (non-hydrogen) atoms. The Morgan fingerprint density at radius 1 is 1.25 bits per heavy atom. The van der Waals surface area contributed by atoms with E-state index >= 15 is 0 Å². The molecule has 1 atom stereocenters. The molecule has 0 saturated heterocycles. The number of nitrogens with zero attached hydrogens (tertiary/aromatic N) is 2. The maximum Gasteiger partial charge on any atom is 0.279 e. The van der Waals surface area contributed by atoms with Gasteiger partial charge in [0.05, 0.1) is 5.56 Å². The van der Waals surface area contributed by atoms with Gasteiger partial charge in [0, 0.05) is 35.7 Å². The van der Waals surface area contributed by atoms with Crippen molar-refractivity contribution in [3.63, 3.8) is 0 Å². The van der Waals surface area contributed by atoms with Gasteiger partial charge in [-0.15, -0.1) is 0 Å². The molecule has 0 aliphatic carbocycles. The lowest BCUT2D eigenvalue weighted by atomic mass is 9.86. The van der Waals surface area contributed by atoms with Crippen LogP contribution in [0.15, 0.2) is 71.1 Å². The number of aromatic nitrogens is 2. The smallest absolute Gasteiger partial charge is 0.279 e. The molecule has 0 unspecified atom stereocenters. The van der Waals surface area contributed by atoms with Crippen molar-refractivity contribution in [2.45, 2.75) is 23.2 Å². The van der Waals surface area contributed by atoms with Crippen molar-refractivity contribution in [2.24, 2.45) is 7.05 Å². The second-order valence-electron chi connectivity index (χ2n) is 7.34. The van der Waals surface area contributed by atoms with Gasteiger partial charge in [0.15, 0.2) is 5.16 Å². The van der Waals surface area contributed by atoms with Crippen LogP contribution in [-0.4, -0.2) is 22.1 Å². The molecule has 1 aliphatic rings. The normalized spacial score (nSPS) is 15.1. The summed E-state index contributed by atoms with van der Waals surface area (Å²) in [5.41, 5.74) is 1.83. The van der Waals surface area contributed by atoms with E-state index in [2.05, 4.69) is 16.9 Å². The minimum atomic E-state index is -0.450. The summed E-state index contributed by atoms with van der Waals surface area (Å²) >= 11 is 7.65. The zero-order valence-electron chi connectivity index (χ0n) is 17.5. The number of amides is 1. The van der Waals surface area contributed by atoms with Crippen LogP contribution >= 0.6 is 23.4 Å². The van der Waals surface area contributed by atoms with Crippen molar-refractivity contribution in [3.8, 4) is 5.75 Å². The molecule has 1 aromatic heterocycles. The summed E-state index contributed by atoms with van der Waals surface area (Å²) in [5.74, 6) is 1.02. The number of carbonyl (C=O) groups is 1. The number of nitrogens with one attached hydrogen (secondary N) is 1. The highest BCUT2D eigenvalue weighted by atomic mass is 35.5. The zero-order valence-corrected chi connectivity index (χ0v) is 19.1. The molecule has 3 aromatic rings. The molecule has 0 bridgehead atoms. The summed E-state index contributed by atoms with van der Waals surface area (Å²) in [4.78, 5) is 30.1. The topological polar surface area (TPSA) is 73.2 Å². The molecule has 8 heteroatoms. The fraction of sp³-hybridized carbons (Fsp3) is 0.208. The average molecular weight is 468 g/mol. The first-order valence-electron chi connectivity index (χ1n) is 10.1. The molecule has 6 nitrogen and oxygen atoms in total. The predicted molar refractivity (Wildman–Crippen MR) is 128 cm³/mol. The van der Waals surface area contributed by atoms with E-state index in [1.807, 2.05) is 48.5 Å². The van der Waals surface area contributed by atoms with Crippen molar-refractivity contribution in [1.82, 2.24) is 9.55 Å². The highest BCUT2D eigenvalue weighted by Gasteiger charge is 2.33. The summed E-state index contributed by atoms with van der Waals surface area (Å²) in [6.45, 7) is 4.01. The average Bonchev–Trinajstić information content (AvgIpc) is 2.79. The van der Waals surface area contributed by atoms with Crippen LogP contribution in [0.5, 0.6) is 5.75 Å². The molecular weight excluding hydrogens is 446 g/mol. The van der Waals surface area contributed by atoms with Crippen LogP contribution in [0.3, 0.4) is 0 Å². The highest BCUT2D eigenvalue weighted by molar-refractivity contribution is 7.98. The van der Waals surface area contributed by atoms with Crippen LogP contribution in [0.25, 0.3) is 0 Å². The van der Waals surface area contributed by atoms with E-state index in [4.69, 9.17) is 16.3 Å². The number of ether oxygens (including phenoxy) is 1. The summed E-state index contributed by atoms with van der Waals surface area (Å²) in [6, 6.07) is 15.0. The van der Waals surface area contributed by atoms with Crippen LogP contribution in [0.4, 0.5) is 5.82 Å². The number of thioether (sulfide) groups is 1. The largest absolute Gasteiger partial charge is 0.489 e. The van der Waals surface area contributed by atoms with Gasteiger partial charge in [-0.1, -0.05) is 72.4 Å². The van der Waals surface area contributed by atoms with Crippen molar-refractivity contribution in [2.75, 3.05) is 11.9 Å². The van der Waals surface area contributed by atoms with E-state index in [-0.39, 0.29) is 17.9 Å². The Bertz CT molecular complexity index is 1240. The number of fused-ring (bicyclic) bond motifs is 1. The minimum absolute atomic E-state index is 0.143. The molecule has 0 saturated carbocycles. The lowest BCUT2D eigenvalue weighted by molar-refractivity contribution is -0.116. The Labute approximate surface area is 195 Å². The van der Waals surface area contributed by atoms with Crippen molar-refractivity contribution in [3.05, 3.63) is 93.3 Å². The lowest BCUT2D eigenvalue weighted by Gasteiger charge is -2.28. The van der Waals surface area contributed by atoms with Gasteiger partial charge in [-0.3, -0.25) is 9.59 Å². The Hall–Kier alpha value is -3.03. The van der Waals surface area contributed by atoms with Crippen LogP contribution in [0.1, 0.15) is 29.0 Å². The van der Waals surface area contributed by atoms with Gasteiger partial charge in [-0.25, -0.2) is 0 Å². The Morgan fingerprint density at radius 2 is 2.00 bits per heavy atom. The van der Waals surface area contributed by atoms with E-state index in [0.717, 1.165) is 11.1 Å². The summed E-state index contributed by atoms with van der Waals surface area (Å²) in [5, 5.41) is 4.03. The fourth-order valence-corrected chi connectivity index (χ4v) is 4.99. The number of rotatable bonds is 7. The Kier molecular flexibility index (Phi) is 6.67. The number of benzene rings is 2. The first-order valence-corrected chi connectivity index (χ1v) is 11.5. The first kappa shape index (κ1) is 22.2. The number of carbonyl (C=O) groups excluding carboxylic acids is 1. The second-order valence-corrected chi connectivity index (χ2v) is 8.69. The fourth-order valence-electron chi connectivity index (χ4n) is 3.74. The van der Waals surface area contributed by atoms with Gasteiger partial charge in [0.25, 0.3) is 5.56 Å². The van der Waals surface area contributed by atoms with Crippen molar-refractivity contribution in [1.29, 1.82) is 0 Å². The second kappa shape index (κ2) is 9.63. The number of hydrogen-bond acceptors (Lipinski definition) is 5. The van der Waals surface area contributed by atoms with Crippen LogP contribution in [0.2, 0.25) is 5.02 Å². The highest BCUT2D eigenvalue weighted by Crippen LogP contribution is 2.39. The van der Waals surface area contributed by atoms with Crippen LogP contribution in [0, 0.1) is 0 Å². The first-order chi connectivity index (χ1) is 15.5. The van der Waals surface area contributed by atoms with E-state index in [1.54, 1.807) is 17.7 Å². The molecular formula is C24H22ClN3O3S. The SMILES string of the molecule is C=CCOc1ccccc1[C@H]1CC(=O)Nc2c1c(=O)nc(SCc1ccccc1Cl)n2C. The number of halogens is 1. The van der Waals surface area contributed by atoms with Gasteiger partial charge in [-0.2, -0.15) is 4.98 Å². The Balaban J connectivity index is 1.73. The third-order valence-corrected chi connectivity index (χ3v) is 6.71. The maximum absolute atomic E-state index is 13.2. The molecule has 0 fully saturated rings. The van der Waals surface area contributed by atoms with Crippen LogP contribution in [-0.2, 0) is 17.6 Å². The van der Waals surface area contributed by atoms with E-state index < -0.39 is 5.92 Å². The quantitative estimate of drug-likeness (QED) is 0.308. The molecule has 1 N–H and O–H groups in total. The van der Waals surface area contributed by atoms with Gasteiger partial charge >= 0.3 is 0 Å². The van der Waals surface area contributed by atoms with E-state index in [0.29, 0.717) is 39.7 Å². The number of para-hydroxylation sites is 1. The third kappa shape index (κ3) is 4.45. The van der Waals surface area contributed by atoms with Crippen molar-refractivity contribution < 1.29 is 9.53 Å². The number of hydrogen-bond donors (Lipinski definition) is 1. The monoisotopic (exact) mass is 467 g/mol. The van der Waals surface area contributed by atoms with Gasteiger partial charge in [-0.05, 0) is 17.7 Å². The standard InChI is InChI=1S/C24H22ClN3O3S/c1-3-12-31-19-11-7-5-9-16(19)17-13-20(29)26-22-21(17)23(30)27-24(28(22)2)32-14-15-8-4-6-10-18(15)25/h3-11,17H,1,12-14H2,2H3,(H,26,29)/t17-/m1/s1. The molecule has 4 rings (SSSR count). The molecule has 2 heterocycles. The van der Waals surface area contributed by atoms with Crippen LogP contribution < -0.4 is 15.6 Å². The molecule has 1 aliphatic heterocycles. The summed E-state index contributed by atoms with van der Waals surface area (Å²) < 4.78 is 7.55. The zero-order chi connectivity index (χ0) is 22.7. The minimum Gasteiger partial charge on any atom is -0.489 e. The molecule has 1 amide bonds. The lowest BCUT2D eigenvalue weighted by Crippen LogP contribution is -2.33. The maximum atomic E-state index is 13.2. The molecule has 0 radical (unpaired) electrons.